The summed E-state index contributed by atoms with van der Waals surface area (Å²) in [4.78, 5) is 10.1. The summed E-state index contributed by atoms with van der Waals surface area (Å²) in [5, 5.41) is 11.6. The van der Waals surface area contributed by atoms with Crippen LogP contribution in [0.1, 0.15) is 11.1 Å². The third kappa shape index (κ3) is 3.23. The maximum absolute atomic E-state index is 10.6. The largest absolute Gasteiger partial charge is 0.497 e. The van der Waals surface area contributed by atoms with Gasteiger partial charge in [-0.15, -0.1) is 0 Å². The number of nitro groups is 1. The molecular formula is C18H16N2O3. The number of rotatable bonds is 5. The Kier molecular flexibility index (Phi) is 4.10. The fourth-order valence-electron chi connectivity index (χ4n) is 2.61. The van der Waals surface area contributed by atoms with Crippen LogP contribution in [0.2, 0.25) is 0 Å². The van der Waals surface area contributed by atoms with Crippen molar-refractivity contribution in [3.63, 3.8) is 0 Å². The first-order chi connectivity index (χ1) is 11.2. The number of hydrogen-bond acceptors (Lipinski definition) is 3. The molecule has 0 spiro atoms. The van der Waals surface area contributed by atoms with Gasteiger partial charge in [0.05, 0.1) is 12.0 Å². The second-order valence-electron chi connectivity index (χ2n) is 5.18. The average Bonchev–Trinajstić information content (AvgIpc) is 2.92. The van der Waals surface area contributed by atoms with Crippen LogP contribution in [0.3, 0.4) is 0 Å². The Morgan fingerprint density at radius 2 is 1.91 bits per heavy atom. The zero-order valence-corrected chi connectivity index (χ0v) is 12.7. The van der Waals surface area contributed by atoms with Crippen molar-refractivity contribution in [2.24, 2.45) is 0 Å². The highest BCUT2D eigenvalue weighted by molar-refractivity contribution is 5.89. The first-order valence-corrected chi connectivity index (χ1v) is 7.20. The molecule has 2 aromatic carbocycles. The van der Waals surface area contributed by atoms with Crippen molar-refractivity contribution in [3.8, 4) is 5.75 Å². The first-order valence-electron chi connectivity index (χ1n) is 7.20. The van der Waals surface area contributed by atoms with E-state index < -0.39 is 4.92 Å². The van der Waals surface area contributed by atoms with Gasteiger partial charge in [0.2, 0.25) is 6.20 Å². The van der Waals surface area contributed by atoms with Crippen molar-refractivity contribution in [3.05, 3.63) is 82.2 Å². The van der Waals surface area contributed by atoms with E-state index in [-0.39, 0.29) is 0 Å². The molecule has 3 rings (SSSR count). The number of aromatic nitrogens is 1. The van der Waals surface area contributed by atoms with Crippen LogP contribution >= 0.6 is 0 Å². The number of methoxy groups -OCH3 is 1. The molecule has 5 heteroatoms. The minimum atomic E-state index is -0.449. The van der Waals surface area contributed by atoms with Crippen LogP contribution < -0.4 is 4.74 Å². The van der Waals surface area contributed by atoms with Crippen LogP contribution in [0, 0.1) is 10.1 Å². The van der Waals surface area contributed by atoms with Gasteiger partial charge in [-0.1, -0.05) is 30.3 Å². The molecule has 23 heavy (non-hydrogen) atoms. The van der Waals surface area contributed by atoms with Crippen molar-refractivity contribution in [1.82, 2.24) is 4.57 Å². The van der Waals surface area contributed by atoms with Crippen LogP contribution in [-0.4, -0.2) is 16.6 Å². The molecule has 5 nitrogen and oxygen atoms in total. The van der Waals surface area contributed by atoms with E-state index in [9.17, 15) is 10.1 Å². The summed E-state index contributed by atoms with van der Waals surface area (Å²) < 4.78 is 7.26. The molecule has 0 N–H and O–H groups in total. The standard InChI is InChI=1S/C18H16N2O3/c1-23-16-8-6-14(7-9-16)12-19-13-15(10-11-20(21)22)17-4-2-3-5-18(17)19/h2-11,13H,12H2,1H3. The van der Waals surface area contributed by atoms with Gasteiger partial charge in [0.1, 0.15) is 5.75 Å². The van der Waals surface area contributed by atoms with Crippen molar-refractivity contribution in [1.29, 1.82) is 0 Å². The molecule has 116 valence electrons. The molecule has 3 aromatic rings. The Morgan fingerprint density at radius 1 is 1.17 bits per heavy atom. The minimum absolute atomic E-state index is 0.449. The molecule has 0 aliphatic rings. The number of ether oxygens (including phenoxy) is 1. The lowest BCUT2D eigenvalue weighted by Crippen LogP contribution is -1.97. The lowest BCUT2D eigenvalue weighted by Gasteiger charge is -2.06. The summed E-state index contributed by atoms with van der Waals surface area (Å²) in [6.45, 7) is 0.691. The molecule has 0 fully saturated rings. The Balaban J connectivity index is 1.98. The number of nitrogens with zero attached hydrogens (tertiary/aromatic N) is 2. The molecule has 0 radical (unpaired) electrons. The molecule has 0 saturated carbocycles. The van der Waals surface area contributed by atoms with Crippen molar-refractivity contribution in [2.75, 3.05) is 7.11 Å². The topological polar surface area (TPSA) is 57.3 Å². The molecule has 0 saturated heterocycles. The summed E-state index contributed by atoms with van der Waals surface area (Å²) in [6, 6.07) is 15.8. The van der Waals surface area contributed by atoms with Crippen LogP contribution in [-0.2, 0) is 6.54 Å². The Morgan fingerprint density at radius 3 is 2.61 bits per heavy atom. The molecule has 0 amide bonds. The van der Waals surface area contributed by atoms with E-state index in [1.807, 2.05) is 54.7 Å². The Bertz CT molecular complexity index is 864. The van der Waals surface area contributed by atoms with E-state index in [0.29, 0.717) is 6.54 Å². The molecule has 0 aliphatic heterocycles. The van der Waals surface area contributed by atoms with E-state index in [1.165, 1.54) is 6.08 Å². The van der Waals surface area contributed by atoms with E-state index in [4.69, 9.17) is 4.74 Å². The van der Waals surface area contributed by atoms with Crippen LogP contribution in [0.25, 0.3) is 17.0 Å². The normalized spacial score (nSPS) is 11.2. The van der Waals surface area contributed by atoms with Gasteiger partial charge in [-0.05, 0) is 23.8 Å². The lowest BCUT2D eigenvalue weighted by atomic mass is 10.2. The first kappa shape index (κ1) is 14.8. The summed E-state index contributed by atoms with van der Waals surface area (Å²) in [6.07, 6.45) is 4.45. The van der Waals surface area contributed by atoms with Crippen LogP contribution in [0.5, 0.6) is 5.75 Å². The average molecular weight is 308 g/mol. The fourth-order valence-corrected chi connectivity index (χ4v) is 2.61. The third-order valence-corrected chi connectivity index (χ3v) is 3.71. The number of fused-ring (bicyclic) bond motifs is 1. The molecule has 0 bridgehead atoms. The maximum Gasteiger partial charge on any atom is 0.235 e. The van der Waals surface area contributed by atoms with Crippen molar-refractivity contribution >= 4 is 17.0 Å². The van der Waals surface area contributed by atoms with Gasteiger partial charge in [-0.3, -0.25) is 10.1 Å². The predicted molar refractivity (Wildman–Crippen MR) is 90.1 cm³/mol. The molecule has 1 aromatic heterocycles. The third-order valence-electron chi connectivity index (χ3n) is 3.71. The summed E-state index contributed by atoms with van der Waals surface area (Å²) >= 11 is 0. The Labute approximate surface area is 133 Å². The van der Waals surface area contributed by atoms with E-state index in [0.717, 1.165) is 34.0 Å². The molecule has 0 atom stereocenters. The van der Waals surface area contributed by atoms with Crippen molar-refractivity contribution < 1.29 is 9.66 Å². The minimum Gasteiger partial charge on any atom is -0.497 e. The zero-order valence-electron chi connectivity index (χ0n) is 12.7. The monoisotopic (exact) mass is 308 g/mol. The summed E-state index contributed by atoms with van der Waals surface area (Å²) in [5.74, 6) is 0.820. The van der Waals surface area contributed by atoms with Gasteiger partial charge < -0.3 is 9.30 Å². The smallest absolute Gasteiger partial charge is 0.235 e. The number of para-hydroxylation sites is 1. The number of hydrogen-bond donors (Lipinski definition) is 0. The maximum atomic E-state index is 10.6. The summed E-state index contributed by atoms with van der Waals surface area (Å²) in [7, 11) is 1.64. The molecule has 0 unspecified atom stereocenters. The second-order valence-corrected chi connectivity index (χ2v) is 5.18. The van der Waals surface area contributed by atoms with E-state index >= 15 is 0 Å². The zero-order chi connectivity index (χ0) is 16.2. The molecule has 0 aliphatic carbocycles. The second kappa shape index (κ2) is 6.36. The van der Waals surface area contributed by atoms with Gasteiger partial charge in [-0.25, -0.2) is 0 Å². The predicted octanol–water partition coefficient (Wildman–Crippen LogP) is 3.95. The molecule has 1 heterocycles. The molecular weight excluding hydrogens is 292 g/mol. The highest BCUT2D eigenvalue weighted by atomic mass is 16.6. The van der Waals surface area contributed by atoms with Crippen LogP contribution in [0.15, 0.2) is 60.9 Å². The SMILES string of the molecule is COc1ccc(Cn2cc(C=C[N+](=O)[O-])c3ccccc32)cc1. The number of benzene rings is 2. The highest BCUT2D eigenvalue weighted by Crippen LogP contribution is 2.24. The van der Waals surface area contributed by atoms with E-state index in [1.54, 1.807) is 7.11 Å². The van der Waals surface area contributed by atoms with Crippen molar-refractivity contribution in [2.45, 2.75) is 6.54 Å². The van der Waals surface area contributed by atoms with Gasteiger partial charge in [0.15, 0.2) is 0 Å². The quantitative estimate of drug-likeness (QED) is 0.530. The van der Waals surface area contributed by atoms with Gasteiger partial charge in [0, 0.05) is 35.3 Å². The Hall–Kier alpha value is -3.08. The van der Waals surface area contributed by atoms with Gasteiger partial charge in [0.25, 0.3) is 0 Å². The fraction of sp³-hybridized carbons (Fsp3) is 0.111. The van der Waals surface area contributed by atoms with Gasteiger partial charge >= 0.3 is 0 Å². The van der Waals surface area contributed by atoms with Gasteiger partial charge in [-0.2, -0.15) is 0 Å². The summed E-state index contributed by atoms with van der Waals surface area (Å²) in [5.41, 5.74) is 3.02. The highest BCUT2D eigenvalue weighted by Gasteiger charge is 2.07. The van der Waals surface area contributed by atoms with Crippen LogP contribution in [0.4, 0.5) is 0 Å². The van der Waals surface area contributed by atoms with E-state index in [2.05, 4.69) is 4.57 Å². The lowest BCUT2D eigenvalue weighted by molar-refractivity contribution is -0.400.